The molecule has 0 saturated carbocycles. The van der Waals surface area contributed by atoms with Crippen LogP contribution in [0.25, 0.3) is 0 Å². The van der Waals surface area contributed by atoms with Crippen LogP contribution in [0.1, 0.15) is 0 Å². The summed E-state index contributed by atoms with van der Waals surface area (Å²) in [5.74, 6) is 0. The number of hydrogen-bond donors (Lipinski definition) is 20. The first-order valence-electron chi connectivity index (χ1n) is 21.1. The van der Waals surface area contributed by atoms with Crippen LogP contribution in [0.5, 0.6) is 0 Å². The molecule has 6 saturated heterocycles. The van der Waals surface area contributed by atoms with E-state index in [0.717, 1.165) is 0 Å². The Morgan fingerprint density at radius 3 is 0.687 bits per heavy atom. The summed E-state index contributed by atoms with van der Waals surface area (Å²) in [6.07, 6.45) is -56.5. The summed E-state index contributed by atoms with van der Waals surface area (Å²) >= 11 is 0. The van der Waals surface area contributed by atoms with Gasteiger partial charge in [-0.25, -0.2) is 0 Å². The highest BCUT2D eigenvalue weighted by Gasteiger charge is 2.57. The fourth-order valence-electron chi connectivity index (χ4n) is 8.52. The molecule has 0 bridgehead atoms. The summed E-state index contributed by atoms with van der Waals surface area (Å²) < 4.78 is 60.5. The van der Waals surface area contributed by atoms with Crippen LogP contribution in [0.4, 0.5) is 0 Å². The molecule has 0 radical (unpaired) electrons. The number of hydrogen-bond acceptors (Lipinski definition) is 31. The van der Waals surface area contributed by atoms with Gasteiger partial charge in [0.05, 0.1) is 39.6 Å². The van der Waals surface area contributed by atoms with Crippen molar-refractivity contribution in [2.24, 2.45) is 0 Å². The molecule has 30 atom stereocenters. The van der Waals surface area contributed by atoms with E-state index in [9.17, 15) is 102 Å². The van der Waals surface area contributed by atoms with Crippen molar-refractivity contribution in [2.45, 2.75) is 184 Å². The Hall–Kier alpha value is -1.24. The normalized spacial score (nSPS) is 53.4. The smallest absolute Gasteiger partial charge is 0.187 e. The summed E-state index contributed by atoms with van der Waals surface area (Å²) in [7, 11) is 0. The van der Waals surface area contributed by atoms with E-state index in [1.54, 1.807) is 0 Å². The van der Waals surface area contributed by atoms with Crippen molar-refractivity contribution in [1.29, 1.82) is 0 Å². The molecule has 6 aliphatic heterocycles. The second-order valence-electron chi connectivity index (χ2n) is 16.8. The van der Waals surface area contributed by atoms with Crippen LogP contribution < -0.4 is 0 Å². The summed E-state index contributed by atoms with van der Waals surface area (Å²) in [5, 5.41) is 209. The first kappa shape index (κ1) is 55.1. The second-order valence-corrected chi connectivity index (χ2v) is 16.8. The Bertz CT molecular complexity index is 1500. The van der Waals surface area contributed by atoms with E-state index in [0.29, 0.717) is 0 Å². The maximum Gasteiger partial charge on any atom is 0.187 e. The maximum atomic E-state index is 11.2. The van der Waals surface area contributed by atoms with Crippen molar-refractivity contribution in [3.05, 3.63) is 0 Å². The maximum absolute atomic E-state index is 11.2. The van der Waals surface area contributed by atoms with Crippen molar-refractivity contribution in [3.63, 3.8) is 0 Å². The molecule has 0 amide bonds. The first-order valence-corrected chi connectivity index (χ1v) is 21.1. The lowest BCUT2D eigenvalue weighted by Crippen LogP contribution is -2.68. The molecule has 392 valence electrons. The Kier molecular flexibility index (Phi) is 19.4. The van der Waals surface area contributed by atoms with Crippen LogP contribution >= 0.6 is 0 Å². The van der Waals surface area contributed by atoms with Gasteiger partial charge < -0.3 is 154 Å². The zero-order chi connectivity index (χ0) is 49.3. The minimum atomic E-state index is -2.18. The van der Waals surface area contributed by atoms with Gasteiger partial charge in [0, 0.05) is 0 Å². The molecular formula is C36H62O31. The molecule has 6 aliphatic rings. The molecule has 6 heterocycles. The Morgan fingerprint density at radius 1 is 0.224 bits per heavy atom. The topological polar surface area (TPSA) is 506 Å². The summed E-state index contributed by atoms with van der Waals surface area (Å²) in [5.41, 5.74) is 0. The van der Waals surface area contributed by atoms with E-state index >= 15 is 0 Å². The molecule has 6 rings (SSSR count). The average molecular weight is 991 g/mol. The zero-order valence-electron chi connectivity index (χ0n) is 35.0. The molecule has 31 nitrogen and oxygen atoms in total. The van der Waals surface area contributed by atoms with Crippen LogP contribution in [-0.2, 0) is 52.1 Å². The molecule has 6 fully saturated rings. The van der Waals surface area contributed by atoms with Crippen LogP contribution in [0, 0.1) is 0 Å². The van der Waals surface area contributed by atoms with E-state index < -0.39 is 224 Å². The quantitative estimate of drug-likeness (QED) is 0.0683. The van der Waals surface area contributed by atoms with Crippen molar-refractivity contribution in [1.82, 2.24) is 0 Å². The van der Waals surface area contributed by atoms with Gasteiger partial charge in [-0.15, -0.1) is 0 Å². The predicted octanol–water partition coefficient (Wildman–Crippen LogP) is -14.1. The van der Waals surface area contributed by atoms with E-state index in [1.165, 1.54) is 0 Å². The van der Waals surface area contributed by atoms with E-state index in [1.807, 2.05) is 0 Å². The number of rotatable bonds is 16. The van der Waals surface area contributed by atoms with E-state index in [2.05, 4.69) is 0 Å². The molecule has 31 heteroatoms. The molecule has 1 unspecified atom stereocenters. The molecule has 0 spiro atoms. The fraction of sp³-hybridized carbons (Fsp3) is 1.00. The largest absolute Gasteiger partial charge is 0.394 e. The van der Waals surface area contributed by atoms with Crippen molar-refractivity contribution >= 4 is 0 Å². The highest BCUT2D eigenvalue weighted by molar-refractivity contribution is 5.00. The standard InChI is InChI=1S/C36H62O31/c37-1-7-13(43)14(44)21(51)32(58-7)64-27-9(3-39)60-34(23(53)16(27)46)66-29-11(5-41)62-36(25(55)18(29)48)67-30-12(6-42)61-35(24(54)19(30)49)65-28-10(4-40)59-33(22(52)17(28)47)63-26-8(2-38)57-31(56)20(50)15(26)45/h7-56H,1-6H2/t7-,8-,9-,10-,11-,12-,13-,14+,15-,16-,17-,18-,19-,20-,21-,22-,23-,24-,25-,26-,27-,28-,29-,30-,31?,32-,33-,34+,35-,36-/m1/s1. The third kappa shape index (κ3) is 11.2. The highest BCUT2D eigenvalue weighted by atomic mass is 16.8. The summed E-state index contributed by atoms with van der Waals surface area (Å²) in [4.78, 5) is 0. The van der Waals surface area contributed by atoms with Gasteiger partial charge in [-0.05, 0) is 0 Å². The lowest BCUT2D eigenvalue weighted by Gasteiger charge is -2.49. The molecule has 0 aromatic rings. The Labute approximate surface area is 378 Å². The molecule has 0 aromatic carbocycles. The summed E-state index contributed by atoms with van der Waals surface area (Å²) in [6, 6.07) is 0. The molecule has 0 aliphatic carbocycles. The monoisotopic (exact) mass is 990 g/mol. The third-order valence-corrected chi connectivity index (χ3v) is 12.4. The van der Waals surface area contributed by atoms with Crippen molar-refractivity contribution in [2.75, 3.05) is 39.6 Å². The highest BCUT2D eigenvalue weighted by Crippen LogP contribution is 2.36. The second kappa shape index (κ2) is 23.5. The SMILES string of the molecule is OC[C@H]1O[C@H](O[C@H]2[C@H](O)[C@@H](O)[C@H](O[C@H]3[C@H](O)[C@@H](O)[C@@H](O[C@H]4[C@H](O)[C@@H](O)[C@@H](O[C@H]5[C@H](O)[C@@H](O)[C@@H](O[C@H]6[C@H](O)[C@@H](O)C(O)O[C@@H]6CO)O[C@@H]5CO)O[C@@H]4CO)O[C@@H]3CO)O[C@@H]2CO)[C@H](O)[C@@H](O)[C@@H]1O. The van der Waals surface area contributed by atoms with Gasteiger partial charge in [-0.3, -0.25) is 0 Å². The van der Waals surface area contributed by atoms with Crippen LogP contribution in [0.15, 0.2) is 0 Å². The zero-order valence-corrected chi connectivity index (χ0v) is 35.0. The average Bonchev–Trinajstić information content (AvgIpc) is 3.32. The predicted molar refractivity (Wildman–Crippen MR) is 199 cm³/mol. The van der Waals surface area contributed by atoms with Crippen LogP contribution in [0.2, 0.25) is 0 Å². The van der Waals surface area contributed by atoms with Gasteiger partial charge in [-0.1, -0.05) is 0 Å². The number of aliphatic hydroxyl groups excluding tert-OH is 20. The molecular weight excluding hydrogens is 928 g/mol. The van der Waals surface area contributed by atoms with Crippen LogP contribution in [0.3, 0.4) is 0 Å². The van der Waals surface area contributed by atoms with Crippen molar-refractivity contribution in [3.8, 4) is 0 Å². The van der Waals surface area contributed by atoms with Gasteiger partial charge in [0.2, 0.25) is 0 Å². The lowest BCUT2D eigenvalue weighted by molar-refractivity contribution is -0.396. The first-order chi connectivity index (χ1) is 31.8. The van der Waals surface area contributed by atoms with E-state index in [-0.39, 0.29) is 0 Å². The summed E-state index contributed by atoms with van der Waals surface area (Å²) in [6.45, 7) is -5.67. The molecule has 20 N–H and O–H groups in total. The Morgan fingerprint density at radius 2 is 0.433 bits per heavy atom. The number of aliphatic hydroxyl groups is 20. The van der Waals surface area contributed by atoms with E-state index in [4.69, 9.17) is 52.1 Å². The van der Waals surface area contributed by atoms with Gasteiger partial charge in [0.25, 0.3) is 0 Å². The molecule has 67 heavy (non-hydrogen) atoms. The number of ether oxygens (including phenoxy) is 11. The van der Waals surface area contributed by atoms with Crippen LogP contribution in [-0.4, -0.2) is 326 Å². The Balaban J connectivity index is 1.07. The van der Waals surface area contributed by atoms with Gasteiger partial charge in [-0.2, -0.15) is 0 Å². The van der Waals surface area contributed by atoms with Gasteiger partial charge >= 0.3 is 0 Å². The fourth-order valence-corrected chi connectivity index (χ4v) is 8.52. The minimum Gasteiger partial charge on any atom is -0.394 e. The molecule has 0 aromatic heterocycles. The van der Waals surface area contributed by atoms with Gasteiger partial charge in [0.15, 0.2) is 37.7 Å². The minimum absolute atomic E-state index is 0.830. The van der Waals surface area contributed by atoms with Gasteiger partial charge in [0.1, 0.15) is 146 Å². The third-order valence-electron chi connectivity index (χ3n) is 12.4. The van der Waals surface area contributed by atoms with Crippen molar-refractivity contribution < 1.29 is 154 Å². The lowest BCUT2D eigenvalue weighted by atomic mass is 9.95.